The van der Waals surface area contributed by atoms with Gasteiger partial charge in [-0.15, -0.1) is 0 Å². The summed E-state index contributed by atoms with van der Waals surface area (Å²) in [6.45, 7) is 4.34. The Bertz CT molecular complexity index is 668. The molecule has 0 aliphatic carbocycles. The highest BCUT2D eigenvalue weighted by molar-refractivity contribution is 7.87. The maximum Gasteiger partial charge on any atom is 0.297 e. The van der Waals surface area contributed by atoms with Gasteiger partial charge in [0.2, 0.25) is 0 Å². The number of fused-ring (bicyclic) bond motifs is 1. The molecule has 3 nitrogen and oxygen atoms in total. The fourth-order valence-electron chi connectivity index (χ4n) is 2.19. The number of hydrogen-bond donors (Lipinski definition) is 0. The quantitative estimate of drug-likeness (QED) is 0.756. The number of benzene rings is 2. The molecule has 0 fully saturated rings. The molecule has 0 aromatic heterocycles. The van der Waals surface area contributed by atoms with Gasteiger partial charge in [0, 0.05) is 5.39 Å². The third-order valence-corrected chi connectivity index (χ3v) is 4.97. The van der Waals surface area contributed by atoms with Crippen molar-refractivity contribution in [3.63, 3.8) is 0 Å². The van der Waals surface area contributed by atoms with E-state index in [0.717, 1.165) is 18.2 Å². The highest BCUT2D eigenvalue weighted by Crippen LogP contribution is 2.25. The molecule has 0 N–H and O–H groups in total. The molecule has 0 heterocycles. The molecule has 4 heteroatoms. The van der Waals surface area contributed by atoms with Crippen LogP contribution in [0, 0.1) is 5.92 Å². The molecule has 20 heavy (non-hydrogen) atoms. The third kappa shape index (κ3) is 3.19. The lowest BCUT2D eigenvalue weighted by molar-refractivity contribution is 0.246. The molecule has 2 rings (SSSR count). The van der Waals surface area contributed by atoms with Gasteiger partial charge in [0.25, 0.3) is 10.1 Å². The zero-order chi connectivity index (χ0) is 14.6. The van der Waals surface area contributed by atoms with E-state index in [2.05, 4.69) is 0 Å². The van der Waals surface area contributed by atoms with Gasteiger partial charge in [-0.3, -0.25) is 4.18 Å². The topological polar surface area (TPSA) is 43.4 Å². The summed E-state index contributed by atoms with van der Waals surface area (Å²) in [6, 6.07) is 12.7. The molecule has 108 valence electrons. The Kier molecular flexibility index (Phi) is 4.78. The average Bonchev–Trinajstić information content (AvgIpc) is 2.47. The molecular formula is C16H20O3S. The van der Waals surface area contributed by atoms with Crippen molar-refractivity contribution in [2.45, 2.75) is 31.6 Å². The first-order valence-corrected chi connectivity index (χ1v) is 8.36. The Hall–Kier alpha value is -1.39. The average molecular weight is 292 g/mol. The van der Waals surface area contributed by atoms with E-state index >= 15 is 0 Å². The highest BCUT2D eigenvalue weighted by atomic mass is 32.2. The van der Waals surface area contributed by atoms with Gasteiger partial charge in [0.05, 0.1) is 6.61 Å². The predicted octanol–water partition coefficient (Wildman–Crippen LogP) is 3.98. The van der Waals surface area contributed by atoms with E-state index in [4.69, 9.17) is 4.18 Å². The lowest BCUT2D eigenvalue weighted by Gasteiger charge is -2.13. The van der Waals surface area contributed by atoms with Crippen LogP contribution in [0.5, 0.6) is 0 Å². The second-order valence-electron chi connectivity index (χ2n) is 4.90. The van der Waals surface area contributed by atoms with E-state index in [9.17, 15) is 8.42 Å². The molecule has 0 amide bonds. The van der Waals surface area contributed by atoms with E-state index in [1.165, 1.54) is 0 Å². The Morgan fingerprint density at radius 1 is 1.00 bits per heavy atom. The summed E-state index contributed by atoms with van der Waals surface area (Å²) in [7, 11) is -3.70. The van der Waals surface area contributed by atoms with Crippen molar-refractivity contribution < 1.29 is 12.6 Å². The summed E-state index contributed by atoms with van der Waals surface area (Å²) in [5.41, 5.74) is 0. The van der Waals surface area contributed by atoms with E-state index in [0.29, 0.717) is 5.39 Å². The lowest BCUT2D eigenvalue weighted by atomic mass is 10.1. The molecule has 0 aliphatic heterocycles. The van der Waals surface area contributed by atoms with Gasteiger partial charge in [-0.05, 0) is 17.4 Å². The van der Waals surface area contributed by atoms with Crippen LogP contribution in [0.4, 0.5) is 0 Å². The molecule has 0 saturated heterocycles. The zero-order valence-corrected chi connectivity index (χ0v) is 12.7. The second kappa shape index (κ2) is 6.37. The summed E-state index contributed by atoms with van der Waals surface area (Å²) in [5, 5.41) is 1.61. The van der Waals surface area contributed by atoms with Crippen LogP contribution >= 0.6 is 0 Å². The van der Waals surface area contributed by atoms with Gasteiger partial charge in [-0.1, -0.05) is 63.1 Å². The maximum atomic E-state index is 12.4. The number of hydrogen-bond acceptors (Lipinski definition) is 3. The standard InChI is InChI=1S/C16H20O3S/c1-3-13(4-2)12-19-20(17,18)16-11-7-9-14-8-5-6-10-15(14)16/h5-11,13H,3-4,12H2,1-2H3. The van der Waals surface area contributed by atoms with Gasteiger partial charge in [-0.2, -0.15) is 8.42 Å². The summed E-state index contributed by atoms with van der Waals surface area (Å²) >= 11 is 0. The molecule has 0 radical (unpaired) electrons. The highest BCUT2D eigenvalue weighted by Gasteiger charge is 2.19. The monoisotopic (exact) mass is 292 g/mol. The Morgan fingerprint density at radius 3 is 2.35 bits per heavy atom. The van der Waals surface area contributed by atoms with E-state index in [1.54, 1.807) is 12.1 Å². The zero-order valence-electron chi connectivity index (χ0n) is 11.9. The van der Waals surface area contributed by atoms with Gasteiger partial charge in [0.15, 0.2) is 0 Å². The molecule has 0 aliphatic rings. The van der Waals surface area contributed by atoms with E-state index < -0.39 is 10.1 Å². The smallest absolute Gasteiger partial charge is 0.266 e. The van der Waals surface area contributed by atoms with Crippen molar-refractivity contribution >= 4 is 20.9 Å². The Balaban J connectivity index is 2.32. The Labute approximate surface area is 120 Å². The van der Waals surface area contributed by atoms with E-state index in [1.807, 2.05) is 44.2 Å². The van der Waals surface area contributed by atoms with Crippen LogP contribution < -0.4 is 0 Å². The molecule has 0 unspecified atom stereocenters. The summed E-state index contributed by atoms with van der Waals surface area (Å²) in [4.78, 5) is 0.251. The predicted molar refractivity (Wildman–Crippen MR) is 81.2 cm³/mol. The first-order chi connectivity index (χ1) is 9.58. The van der Waals surface area contributed by atoms with Gasteiger partial charge >= 0.3 is 0 Å². The van der Waals surface area contributed by atoms with Crippen LogP contribution in [0.25, 0.3) is 10.8 Å². The minimum absolute atomic E-state index is 0.249. The van der Waals surface area contributed by atoms with Crippen LogP contribution in [-0.4, -0.2) is 15.0 Å². The molecule has 0 atom stereocenters. The summed E-state index contributed by atoms with van der Waals surface area (Å²) in [6.07, 6.45) is 1.84. The minimum atomic E-state index is -3.70. The van der Waals surface area contributed by atoms with Crippen LogP contribution in [-0.2, 0) is 14.3 Å². The fourth-order valence-corrected chi connectivity index (χ4v) is 3.39. The van der Waals surface area contributed by atoms with Crippen molar-refractivity contribution in [3.8, 4) is 0 Å². The van der Waals surface area contributed by atoms with Crippen LogP contribution in [0.3, 0.4) is 0 Å². The van der Waals surface area contributed by atoms with Gasteiger partial charge in [-0.25, -0.2) is 0 Å². The molecule has 2 aromatic rings. The SMILES string of the molecule is CCC(CC)COS(=O)(=O)c1cccc2ccccc12. The molecule has 0 spiro atoms. The van der Waals surface area contributed by atoms with Crippen molar-refractivity contribution in [3.05, 3.63) is 42.5 Å². The fraction of sp³-hybridized carbons (Fsp3) is 0.375. The van der Waals surface area contributed by atoms with Crippen LogP contribution in [0.15, 0.2) is 47.4 Å². The van der Waals surface area contributed by atoms with E-state index in [-0.39, 0.29) is 17.4 Å². The summed E-state index contributed by atoms with van der Waals surface area (Å²) in [5.74, 6) is 0.278. The molecular weight excluding hydrogens is 272 g/mol. The number of rotatable bonds is 6. The molecule has 0 bridgehead atoms. The normalized spacial score (nSPS) is 12.2. The van der Waals surface area contributed by atoms with Crippen molar-refractivity contribution in [1.29, 1.82) is 0 Å². The largest absolute Gasteiger partial charge is 0.297 e. The lowest BCUT2D eigenvalue weighted by Crippen LogP contribution is -2.14. The first-order valence-electron chi connectivity index (χ1n) is 6.95. The van der Waals surface area contributed by atoms with Gasteiger partial charge < -0.3 is 0 Å². The third-order valence-electron chi connectivity index (χ3n) is 3.63. The molecule has 2 aromatic carbocycles. The van der Waals surface area contributed by atoms with Crippen LogP contribution in [0.1, 0.15) is 26.7 Å². The summed E-state index contributed by atoms with van der Waals surface area (Å²) < 4.78 is 30.0. The van der Waals surface area contributed by atoms with Crippen LogP contribution in [0.2, 0.25) is 0 Å². The Morgan fingerprint density at radius 2 is 1.65 bits per heavy atom. The minimum Gasteiger partial charge on any atom is -0.266 e. The van der Waals surface area contributed by atoms with Crippen molar-refractivity contribution in [1.82, 2.24) is 0 Å². The van der Waals surface area contributed by atoms with Crippen molar-refractivity contribution in [2.24, 2.45) is 5.92 Å². The maximum absolute atomic E-state index is 12.4. The van der Waals surface area contributed by atoms with Crippen molar-refractivity contribution in [2.75, 3.05) is 6.61 Å². The van der Waals surface area contributed by atoms with Gasteiger partial charge in [0.1, 0.15) is 4.90 Å². The first kappa shape index (κ1) is 15.0. The second-order valence-corrected chi connectivity index (χ2v) is 6.48. The molecule has 0 saturated carbocycles.